The summed E-state index contributed by atoms with van der Waals surface area (Å²) in [6.07, 6.45) is 6.80. The molecule has 0 spiro atoms. The molecule has 3 heterocycles. The molecular formula is C19H23NO3S2. The summed E-state index contributed by atoms with van der Waals surface area (Å²) in [5.41, 5.74) is 1.95. The Morgan fingerprint density at radius 2 is 2.12 bits per heavy atom. The number of carboxylic acids is 1. The molecule has 2 aromatic rings. The molecule has 0 aromatic carbocycles. The quantitative estimate of drug-likeness (QED) is 0.670. The van der Waals surface area contributed by atoms with Crippen molar-refractivity contribution < 1.29 is 9.90 Å². The summed E-state index contributed by atoms with van der Waals surface area (Å²) < 4.78 is 1.47. The molecule has 2 aromatic heterocycles. The predicted octanol–water partition coefficient (Wildman–Crippen LogP) is 4.82. The second-order valence-electron chi connectivity index (χ2n) is 6.36. The number of aliphatic carboxylic acids is 1. The van der Waals surface area contributed by atoms with Crippen LogP contribution in [0.25, 0.3) is 10.4 Å². The maximum absolute atomic E-state index is 12.6. The molecule has 6 heteroatoms. The molecular weight excluding hydrogens is 354 g/mol. The molecule has 25 heavy (non-hydrogen) atoms. The summed E-state index contributed by atoms with van der Waals surface area (Å²) in [4.78, 5) is 25.2. The number of thioether (sulfide) groups is 1. The first-order valence-electron chi connectivity index (χ1n) is 8.81. The normalized spacial score (nSPS) is 16.1. The number of fused-ring (bicyclic) bond motifs is 1. The van der Waals surface area contributed by atoms with Gasteiger partial charge in [0.05, 0.1) is 5.03 Å². The van der Waals surface area contributed by atoms with Crippen LogP contribution in [0.4, 0.5) is 0 Å². The Kier molecular flexibility index (Phi) is 6.02. The number of aryl methyl sites for hydroxylation is 1. The Balaban J connectivity index is 1.97. The molecule has 0 aliphatic carbocycles. The van der Waals surface area contributed by atoms with Gasteiger partial charge in [0.15, 0.2) is 0 Å². The number of hydrogen-bond donors (Lipinski definition) is 1. The minimum atomic E-state index is -0.933. The van der Waals surface area contributed by atoms with Gasteiger partial charge in [-0.2, -0.15) is 0 Å². The standard InChI is InChI=1S/C19H23NO3S2/c1-2-3-4-5-6-8-13-11-16(21)20-14(19(22)23)12-25-18(20)17(13)15-9-7-10-24-15/h7,9-11,14H,2-6,8,12H2,1H3,(H,22,23). The zero-order valence-electron chi connectivity index (χ0n) is 14.4. The maximum Gasteiger partial charge on any atom is 0.327 e. The minimum absolute atomic E-state index is 0.184. The number of pyridine rings is 1. The fourth-order valence-corrected chi connectivity index (χ4v) is 5.52. The summed E-state index contributed by atoms with van der Waals surface area (Å²) in [5.74, 6) is -0.513. The summed E-state index contributed by atoms with van der Waals surface area (Å²) in [6.45, 7) is 2.20. The van der Waals surface area contributed by atoms with Gasteiger partial charge < -0.3 is 5.11 Å². The SMILES string of the molecule is CCCCCCCc1cc(=O)n2c(c1-c1cccs1)SCC2C(=O)O. The average molecular weight is 378 g/mol. The van der Waals surface area contributed by atoms with Crippen molar-refractivity contribution >= 4 is 29.1 Å². The van der Waals surface area contributed by atoms with Crippen molar-refractivity contribution in [1.29, 1.82) is 0 Å². The van der Waals surface area contributed by atoms with E-state index in [1.165, 1.54) is 42.0 Å². The molecule has 4 nitrogen and oxygen atoms in total. The number of carbonyl (C=O) groups is 1. The molecule has 0 radical (unpaired) electrons. The van der Waals surface area contributed by atoms with Gasteiger partial charge in [0.25, 0.3) is 5.56 Å². The highest BCUT2D eigenvalue weighted by molar-refractivity contribution is 7.99. The van der Waals surface area contributed by atoms with E-state index in [1.807, 2.05) is 11.4 Å². The number of thiophene rings is 1. The fourth-order valence-electron chi connectivity index (χ4n) is 3.30. The van der Waals surface area contributed by atoms with E-state index in [-0.39, 0.29) is 5.56 Å². The van der Waals surface area contributed by atoms with E-state index in [4.69, 9.17) is 0 Å². The van der Waals surface area contributed by atoms with Crippen molar-refractivity contribution in [2.24, 2.45) is 0 Å². The molecule has 1 aliphatic rings. The first-order valence-corrected chi connectivity index (χ1v) is 10.7. The zero-order valence-corrected chi connectivity index (χ0v) is 16.0. The maximum atomic E-state index is 12.6. The second-order valence-corrected chi connectivity index (χ2v) is 8.32. The third-order valence-electron chi connectivity index (χ3n) is 4.58. The number of aromatic nitrogens is 1. The Bertz CT molecular complexity index is 796. The molecule has 0 fully saturated rings. The van der Waals surface area contributed by atoms with E-state index in [1.54, 1.807) is 17.4 Å². The molecule has 3 rings (SSSR count). The van der Waals surface area contributed by atoms with Crippen LogP contribution < -0.4 is 5.56 Å². The number of unbranched alkanes of at least 4 members (excludes halogenated alkanes) is 4. The topological polar surface area (TPSA) is 59.3 Å². The van der Waals surface area contributed by atoms with Crippen LogP contribution >= 0.6 is 23.1 Å². The van der Waals surface area contributed by atoms with Crippen molar-refractivity contribution in [2.45, 2.75) is 56.5 Å². The van der Waals surface area contributed by atoms with E-state index >= 15 is 0 Å². The highest BCUT2D eigenvalue weighted by atomic mass is 32.2. The lowest BCUT2D eigenvalue weighted by Gasteiger charge is -2.15. The van der Waals surface area contributed by atoms with E-state index in [2.05, 4.69) is 13.0 Å². The molecule has 0 saturated heterocycles. The van der Waals surface area contributed by atoms with Crippen LogP contribution in [0.1, 0.15) is 50.6 Å². The minimum Gasteiger partial charge on any atom is -0.480 e. The van der Waals surface area contributed by atoms with Gasteiger partial charge in [-0.3, -0.25) is 9.36 Å². The van der Waals surface area contributed by atoms with E-state index in [0.29, 0.717) is 5.75 Å². The van der Waals surface area contributed by atoms with Crippen LogP contribution in [-0.2, 0) is 11.2 Å². The number of rotatable bonds is 8. The molecule has 0 bridgehead atoms. The Hall–Kier alpha value is -1.53. The van der Waals surface area contributed by atoms with Gasteiger partial charge in [-0.25, -0.2) is 4.79 Å². The summed E-state index contributed by atoms with van der Waals surface area (Å²) in [6, 6.07) is 4.97. The average Bonchev–Trinajstić information content (AvgIpc) is 3.24. The monoisotopic (exact) mass is 377 g/mol. The van der Waals surface area contributed by atoms with Crippen LogP contribution in [0.3, 0.4) is 0 Å². The molecule has 0 saturated carbocycles. The summed E-state index contributed by atoms with van der Waals surface area (Å²) in [5, 5.41) is 12.3. The van der Waals surface area contributed by atoms with Crippen molar-refractivity contribution in [1.82, 2.24) is 4.57 Å². The molecule has 1 unspecified atom stereocenters. The van der Waals surface area contributed by atoms with Gasteiger partial charge in [-0.1, -0.05) is 38.7 Å². The third-order valence-corrected chi connectivity index (χ3v) is 6.62. The van der Waals surface area contributed by atoms with Crippen LogP contribution in [0.2, 0.25) is 0 Å². The van der Waals surface area contributed by atoms with E-state index in [0.717, 1.165) is 33.9 Å². The lowest BCUT2D eigenvalue weighted by molar-refractivity contribution is -0.140. The van der Waals surface area contributed by atoms with Gasteiger partial charge in [0.1, 0.15) is 6.04 Å². The van der Waals surface area contributed by atoms with Crippen molar-refractivity contribution in [3.8, 4) is 10.4 Å². The highest BCUT2D eigenvalue weighted by Crippen LogP contribution is 2.42. The lowest BCUT2D eigenvalue weighted by atomic mass is 10.0. The smallest absolute Gasteiger partial charge is 0.327 e. The Morgan fingerprint density at radius 3 is 2.80 bits per heavy atom. The second kappa shape index (κ2) is 8.23. The summed E-state index contributed by atoms with van der Waals surface area (Å²) >= 11 is 3.14. The molecule has 0 amide bonds. The van der Waals surface area contributed by atoms with Crippen molar-refractivity contribution in [3.63, 3.8) is 0 Å². The van der Waals surface area contributed by atoms with Gasteiger partial charge in [-0.15, -0.1) is 23.1 Å². The third kappa shape index (κ3) is 3.85. The first-order chi connectivity index (χ1) is 12.1. The largest absolute Gasteiger partial charge is 0.480 e. The zero-order chi connectivity index (χ0) is 17.8. The van der Waals surface area contributed by atoms with Crippen LogP contribution in [-0.4, -0.2) is 21.4 Å². The van der Waals surface area contributed by atoms with Crippen LogP contribution in [0.15, 0.2) is 33.4 Å². The summed E-state index contributed by atoms with van der Waals surface area (Å²) in [7, 11) is 0. The molecule has 1 atom stereocenters. The number of hydrogen-bond acceptors (Lipinski definition) is 4. The van der Waals surface area contributed by atoms with E-state index in [9.17, 15) is 14.7 Å². The van der Waals surface area contributed by atoms with Crippen molar-refractivity contribution in [3.05, 3.63) is 39.5 Å². The van der Waals surface area contributed by atoms with Gasteiger partial charge in [0.2, 0.25) is 0 Å². The Morgan fingerprint density at radius 1 is 1.32 bits per heavy atom. The van der Waals surface area contributed by atoms with Crippen molar-refractivity contribution in [2.75, 3.05) is 5.75 Å². The fraction of sp³-hybridized carbons (Fsp3) is 0.474. The van der Waals surface area contributed by atoms with Crippen LogP contribution in [0, 0.1) is 0 Å². The predicted molar refractivity (Wildman–Crippen MR) is 104 cm³/mol. The first kappa shape index (κ1) is 18.3. The molecule has 1 aliphatic heterocycles. The van der Waals surface area contributed by atoms with Gasteiger partial charge in [-0.05, 0) is 29.9 Å². The Labute approximate surface area is 155 Å². The number of carboxylic acid groups (broad SMARTS) is 1. The van der Waals surface area contributed by atoms with Gasteiger partial charge >= 0.3 is 5.97 Å². The lowest BCUT2D eigenvalue weighted by Crippen LogP contribution is -2.29. The highest BCUT2D eigenvalue weighted by Gasteiger charge is 2.33. The van der Waals surface area contributed by atoms with E-state index < -0.39 is 12.0 Å². The molecule has 1 N–H and O–H groups in total. The van der Waals surface area contributed by atoms with Gasteiger partial charge in [0, 0.05) is 22.3 Å². The number of nitrogens with zero attached hydrogens (tertiary/aromatic N) is 1. The van der Waals surface area contributed by atoms with Crippen LogP contribution in [0.5, 0.6) is 0 Å². The molecule has 134 valence electrons.